The molecule has 0 atom stereocenters. The number of methoxy groups -OCH3 is 1. The fourth-order valence-corrected chi connectivity index (χ4v) is 1.29. The number of nitrogens with zero attached hydrogens (tertiary/aromatic N) is 2. The molecule has 15 heavy (non-hydrogen) atoms. The van der Waals surface area contributed by atoms with Crippen molar-refractivity contribution in [2.45, 2.75) is 20.3 Å². The third-order valence-electron chi connectivity index (χ3n) is 1.99. The number of thioether (sulfide) groups is 1. The van der Waals surface area contributed by atoms with Crippen LogP contribution in [0, 0.1) is 16.9 Å². The van der Waals surface area contributed by atoms with Gasteiger partial charge >= 0.3 is 0 Å². The number of ether oxygens (including phenoxy) is 1. The van der Waals surface area contributed by atoms with E-state index in [1.165, 1.54) is 11.8 Å². The number of amidine groups is 1. The van der Waals surface area contributed by atoms with Gasteiger partial charge in [-0.1, -0.05) is 25.6 Å². The van der Waals surface area contributed by atoms with Gasteiger partial charge in [0.05, 0.1) is 0 Å². The summed E-state index contributed by atoms with van der Waals surface area (Å²) >= 11 is 1.44. The van der Waals surface area contributed by atoms with Crippen LogP contribution < -0.4 is 5.32 Å². The standard InChI is InChI=1S/C10H19N3OS/c1-10(2,5-6-14-3)7-12-9(15-4)13-8-11/h5-7H2,1-4H3,(H,12,13). The first-order valence-electron chi connectivity index (χ1n) is 4.78. The van der Waals surface area contributed by atoms with Crippen molar-refractivity contribution >= 4 is 16.9 Å². The molecular weight excluding hydrogens is 210 g/mol. The summed E-state index contributed by atoms with van der Waals surface area (Å²) in [4.78, 5) is 4.35. The van der Waals surface area contributed by atoms with Crippen molar-refractivity contribution in [3.05, 3.63) is 0 Å². The fraction of sp³-hybridized carbons (Fsp3) is 0.800. The second kappa shape index (κ2) is 7.55. The summed E-state index contributed by atoms with van der Waals surface area (Å²) in [5.74, 6) is 0. The lowest BCUT2D eigenvalue weighted by atomic mass is 9.90. The summed E-state index contributed by atoms with van der Waals surface area (Å²) in [6.07, 6.45) is 4.73. The summed E-state index contributed by atoms with van der Waals surface area (Å²) in [6, 6.07) is 0. The van der Waals surface area contributed by atoms with Crippen molar-refractivity contribution in [3.8, 4) is 6.19 Å². The maximum Gasteiger partial charge on any atom is 0.183 e. The summed E-state index contributed by atoms with van der Waals surface area (Å²) in [6.45, 7) is 5.71. The Morgan fingerprint density at radius 3 is 2.73 bits per heavy atom. The second-order valence-corrected chi connectivity index (χ2v) is 4.76. The van der Waals surface area contributed by atoms with Gasteiger partial charge < -0.3 is 4.74 Å². The van der Waals surface area contributed by atoms with Gasteiger partial charge in [-0.05, 0) is 18.1 Å². The van der Waals surface area contributed by atoms with Gasteiger partial charge in [-0.15, -0.1) is 0 Å². The molecule has 0 saturated heterocycles. The van der Waals surface area contributed by atoms with E-state index in [0.717, 1.165) is 13.0 Å². The largest absolute Gasteiger partial charge is 0.385 e. The minimum Gasteiger partial charge on any atom is -0.385 e. The third-order valence-corrected chi connectivity index (χ3v) is 2.61. The topological polar surface area (TPSA) is 57.4 Å². The Bertz CT molecular complexity index is 246. The zero-order valence-electron chi connectivity index (χ0n) is 9.83. The predicted octanol–water partition coefficient (Wildman–Crippen LogP) is 1.84. The minimum atomic E-state index is 0.105. The van der Waals surface area contributed by atoms with E-state index in [0.29, 0.717) is 11.7 Å². The molecule has 0 aliphatic heterocycles. The molecule has 0 rings (SSSR count). The Balaban J connectivity index is 4.14. The average molecular weight is 229 g/mol. The Kier molecular flexibility index (Phi) is 7.18. The van der Waals surface area contributed by atoms with Crippen LogP contribution in [0.5, 0.6) is 0 Å². The van der Waals surface area contributed by atoms with Gasteiger partial charge in [0, 0.05) is 20.3 Å². The molecule has 0 aromatic carbocycles. The highest BCUT2D eigenvalue weighted by Crippen LogP contribution is 2.20. The molecule has 0 aromatic rings. The van der Waals surface area contributed by atoms with Crippen molar-refractivity contribution in [2.75, 3.05) is 26.5 Å². The van der Waals surface area contributed by atoms with Crippen LogP contribution in [0.1, 0.15) is 20.3 Å². The number of nitriles is 1. The number of rotatable bonds is 5. The molecule has 86 valence electrons. The van der Waals surface area contributed by atoms with Gasteiger partial charge in [-0.3, -0.25) is 10.3 Å². The van der Waals surface area contributed by atoms with Crippen molar-refractivity contribution < 1.29 is 4.74 Å². The van der Waals surface area contributed by atoms with E-state index in [2.05, 4.69) is 24.2 Å². The third kappa shape index (κ3) is 7.23. The van der Waals surface area contributed by atoms with Gasteiger partial charge in [0.15, 0.2) is 11.4 Å². The van der Waals surface area contributed by atoms with Crippen molar-refractivity contribution in [2.24, 2.45) is 10.4 Å². The van der Waals surface area contributed by atoms with Gasteiger partial charge in [-0.2, -0.15) is 5.26 Å². The lowest BCUT2D eigenvalue weighted by Gasteiger charge is -2.21. The van der Waals surface area contributed by atoms with E-state index >= 15 is 0 Å². The van der Waals surface area contributed by atoms with E-state index in [9.17, 15) is 0 Å². The second-order valence-electron chi connectivity index (χ2n) is 3.97. The minimum absolute atomic E-state index is 0.105. The molecule has 0 spiro atoms. The molecule has 0 heterocycles. The SMILES string of the molecule is COCCC(C)(C)CN=C(NC#N)SC. The van der Waals surface area contributed by atoms with Gasteiger partial charge in [0.25, 0.3) is 0 Å². The molecule has 0 aliphatic rings. The first kappa shape index (κ1) is 14.3. The lowest BCUT2D eigenvalue weighted by Crippen LogP contribution is -2.21. The van der Waals surface area contributed by atoms with Crippen LogP contribution >= 0.6 is 11.8 Å². The van der Waals surface area contributed by atoms with E-state index in [1.54, 1.807) is 7.11 Å². The van der Waals surface area contributed by atoms with Crippen LogP contribution in [0.4, 0.5) is 0 Å². The monoisotopic (exact) mass is 229 g/mol. The summed E-state index contributed by atoms with van der Waals surface area (Å²) in [7, 11) is 1.70. The smallest absolute Gasteiger partial charge is 0.183 e. The Morgan fingerprint density at radius 1 is 1.60 bits per heavy atom. The maximum atomic E-state index is 8.46. The quantitative estimate of drug-likeness (QED) is 0.338. The van der Waals surface area contributed by atoms with Gasteiger partial charge in [0.1, 0.15) is 0 Å². The average Bonchev–Trinajstić information content (AvgIpc) is 2.21. The Hall–Kier alpha value is -0.730. The highest BCUT2D eigenvalue weighted by molar-refractivity contribution is 8.13. The first-order valence-corrected chi connectivity index (χ1v) is 6.00. The number of aliphatic imine (C=N–C) groups is 1. The van der Waals surface area contributed by atoms with Gasteiger partial charge in [-0.25, -0.2) is 0 Å². The molecule has 0 amide bonds. The predicted molar refractivity (Wildman–Crippen MR) is 64.8 cm³/mol. The summed E-state index contributed by atoms with van der Waals surface area (Å²) in [5.41, 5.74) is 0.105. The first-order chi connectivity index (χ1) is 7.05. The molecule has 0 fully saturated rings. The molecule has 5 heteroatoms. The molecule has 0 unspecified atom stereocenters. The molecule has 0 bridgehead atoms. The molecule has 1 N–H and O–H groups in total. The highest BCUT2D eigenvalue weighted by Gasteiger charge is 2.17. The zero-order chi connectivity index (χ0) is 11.7. The van der Waals surface area contributed by atoms with Crippen molar-refractivity contribution in [1.82, 2.24) is 5.32 Å². The Morgan fingerprint density at radius 2 is 2.27 bits per heavy atom. The molecular formula is C10H19N3OS. The van der Waals surface area contributed by atoms with Crippen LogP contribution in [0.15, 0.2) is 4.99 Å². The number of hydrogen-bond acceptors (Lipinski definition) is 4. The fourth-order valence-electron chi connectivity index (χ4n) is 0.946. The highest BCUT2D eigenvalue weighted by atomic mass is 32.2. The van der Waals surface area contributed by atoms with E-state index < -0.39 is 0 Å². The lowest BCUT2D eigenvalue weighted by molar-refractivity contribution is 0.155. The van der Waals surface area contributed by atoms with Crippen molar-refractivity contribution in [1.29, 1.82) is 5.26 Å². The van der Waals surface area contributed by atoms with Crippen LogP contribution in [0.2, 0.25) is 0 Å². The number of nitrogens with one attached hydrogen (secondary N) is 1. The van der Waals surface area contributed by atoms with Crippen LogP contribution in [0.3, 0.4) is 0 Å². The molecule has 0 aliphatic carbocycles. The summed E-state index contributed by atoms with van der Waals surface area (Å²) in [5, 5.41) is 11.7. The summed E-state index contributed by atoms with van der Waals surface area (Å²) < 4.78 is 5.04. The van der Waals surface area contributed by atoms with E-state index in [-0.39, 0.29) is 5.41 Å². The normalized spacial score (nSPS) is 12.3. The maximum absolute atomic E-state index is 8.46. The molecule has 0 radical (unpaired) electrons. The van der Waals surface area contributed by atoms with Crippen LogP contribution in [-0.2, 0) is 4.74 Å². The molecule has 4 nitrogen and oxygen atoms in total. The van der Waals surface area contributed by atoms with E-state index in [1.807, 2.05) is 12.4 Å². The molecule has 0 saturated carbocycles. The van der Waals surface area contributed by atoms with Crippen molar-refractivity contribution in [3.63, 3.8) is 0 Å². The van der Waals surface area contributed by atoms with Crippen LogP contribution in [-0.4, -0.2) is 31.7 Å². The molecule has 0 aromatic heterocycles. The zero-order valence-corrected chi connectivity index (χ0v) is 10.6. The van der Waals surface area contributed by atoms with E-state index in [4.69, 9.17) is 10.00 Å². The Labute approximate surface area is 96.1 Å². The number of hydrogen-bond donors (Lipinski definition) is 1. The van der Waals surface area contributed by atoms with Gasteiger partial charge in [0.2, 0.25) is 0 Å². The van der Waals surface area contributed by atoms with Crippen LogP contribution in [0.25, 0.3) is 0 Å².